The summed E-state index contributed by atoms with van der Waals surface area (Å²) in [5, 5.41) is 0. The van der Waals surface area contributed by atoms with Gasteiger partial charge in [-0.2, -0.15) is 0 Å². The second-order valence-electron chi connectivity index (χ2n) is 8.34. The Bertz CT molecular complexity index is 499. The lowest BCUT2D eigenvalue weighted by molar-refractivity contribution is 0.170. The van der Waals surface area contributed by atoms with E-state index in [-0.39, 0.29) is 0 Å². The number of ether oxygens (including phenoxy) is 1. The van der Waals surface area contributed by atoms with Crippen molar-refractivity contribution in [3.05, 3.63) is 24.3 Å². The smallest absolute Gasteiger partial charge is 0.119 e. The van der Waals surface area contributed by atoms with Gasteiger partial charge in [0.25, 0.3) is 0 Å². The van der Waals surface area contributed by atoms with Crippen molar-refractivity contribution in [1.29, 1.82) is 0 Å². The fourth-order valence-corrected chi connectivity index (χ4v) is 4.62. The molecule has 0 spiro atoms. The molecule has 0 N–H and O–H groups in total. The highest BCUT2D eigenvalue weighted by Crippen LogP contribution is 2.30. The molecule has 2 aliphatic rings. The van der Waals surface area contributed by atoms with E-state index in [0.717, 1.165) is 17.6 Å². The molecule has 1 aromatic carbocycles. The van der Waals surface area contributed by atoms with E-state index in [1.165, 1.54) is 89.8 Å². The van der Waals surface area contributed by atoms with Crippen LogP contribution in [-0.4, -0.2) is 44.7 Å². The fourth-order valence-electron chi connectivity index (χ4n) is 4.62. The number of unbranched alkanes of at least 4 members (excludes halogenated alkanes) is 1. The van der Waals surface area contributed by atoms with Crippen LogP contribution >= 0.6 is 0 Å². The zero-order valence-electron chi connectivity index (χ0n) is 17.0. The molecule has 2 fully saturated rings. The van der Waals surface area contributed by atoms with Gasteiger partial charge in [0.1, 0.15) is 5.75 Å². The number of anilines is 1. The van der Waals surface area contributed by atoms with Crippen LogP contribution in [0, 0.1) is 11.8 Å². The van der Waals surface area contributed by atoms with E-state index in [9.17, 15) is 0 Å². The van der Waals surface area contributed by atoms with E-state index in [4.69, 9.17) is 4.74 Å². The minimum Gasteiger partial charge on any atom is -0.497 e. The summed E-state index contributed by atoms with van der Waals surface area (Å²) in [6, 6.07) is 8.56. The first-order valence-corrected chi connectivity index (χ1v) is 10.9. The average Bonchev–Trinajstić information content (AvgIpc) is 2.72. The van der Waals surface area contributed by atoms with E-state index in [0.29, 0.717) is 0 Å². The molecule has 3 nitrogen and oxygen atoms in total. The maximum atomic E-state index is 5.27. The topological polar surface area (TPSA) is 15.7 Å². The molecule has 3 heteroatoms. The largest absolute Gasteiger partial charge is 0.497 e. The molecule has 0 unspecified atom stereocenters. The molecule has 26 heavy (non-hydrogen) atoms. The van der Waals surface area contributed by atoms with E-state index < -0.39 is 0 Å². The standard InChI is InChI=1S/C23H38N2O/c1-3-4-15-24-16-11-20(12-17-24)5-6-21-13-18-25(19-14-21)22-7-9-23(26-2)10-8-22/h7-10,20-21H,3-6,11-19H2,1-2H3. The summed E-state index contributed by atoms with van der Waals surface area (Å²) < 4.78 is 5.27. The number of benzene rings is 1. The Kier molecular flexibility index (Phi) is 7.67. The van der Waals surface area contributed by atoms with Crippen LogP contribution in [0.15, 0.2) is 24.3 Å². The maximum Gasteiger partial charge on any atom is 0.119 e. The lowest BCUT2D eigenvalue weighted by atomic mass is 9.85. The van der Waals surface area contributed by atoms with E-state index in [1.807, 2.05) is 0 Å². The number of hydrogen-bond acceptors (Lipinski definition) is 3. The molecule has 1 aromatic rings. The van der Waals surface area contributed by atoms with Crippen LogP contribution in [0.2, 0.25) is 0 Å². The van der Waals surface area contributed by atoms with Crippen LogP contribution in [0.5, 0.6) is 5.75 Å². The van der Waals surface area contributed by atoms with Gasteiger partial charge in [0.05, 0.1) is 7.11 Å². The third-order valence-corrected chi connectivity index (χ3v) is 6.57. The minimum absolute atomic E-state index is 0.947. The number of piperidine rings is 2. The first-order chi connectivity index (χ1) is 12.8. The first kappa shape index (κ1) is 19.5. The van der Waals surface area contributed by atoms with Gasteiger partial charge in [-0.3, -0.25) is 0 Å². The number of hydrogen-bond donors (Lipinski definition) is 0. The molecule has 0 amide bonds. The first-order valence-electron chi connectivity index (χ1n) is 10.9. The molecule has 2 heterocycles. The van der Waals surface area contributed by atoms with Crippen LogP contribution in [-0.2, 0) is 0 Å². The normalized spacial score (nSPS) is 20.5. The monoisotopic (exact) mass is 358 g/mol. The summed E-state index contributed by atoms with van der Waals surface area (Å²) in [6.45, 7) is 8.75. The maximum absolute atomic E-state index is 5.27. The van der Waals surface area contributed by atoms with Crippen LogP contribution in [0.25, 0.3) is 0 Å². The van der Waals surface area contributed by atoms with Crippen LogP contribution < -0.4 is 9.64 Å². The molecular weight excluding hydrogens is 320 g/mol. The predicted octanol–water partition coefficient (Wildman–Crippen LogP) is 5.20. The van der Waals surface area contributed by atoms with Gasteiger partial charge in [0.15, 0.2) is 0 Å². The summed E-state index contributed by atoms with van der Waals surface area (Å²) in [4.78, 5) is 5.23. The zero-order chi connectivity index (χ0) is 18.2. The Labute approximate surface area is 160 Å². The lowest BCUT2D eigenvalue weighted by Crippen LogP contribution is -2.35. The van der Waals surface area contributed by atoms with Gasteiger partial charge < -0.3 is 14.5 Å². The van der Waals surface area contributed by atoms with Gasteiger partial charge in [-0.25, -0.2) is 0 Å². The molecule has 0 bridgehead atoms. The summed E-state index contributed by atoms with van der Waals surface area (Å²) in [5.74, 6) is 2.89. The van der Waals surface area contributed by atoms with Crippen molar-refractivity contribution in [3.63, 3.8) is 0 Å². The highest BCUT2D eigenvalue weighted by molar-refractivity contribution is 5.49. The Morgan fingerprint density at radius 1 is 0.885 bits per heavy atom. The number of nitrogens with zero attached hydrogens (tertiary/aromatic N) is 2. The summed E-state index contributed by atoms with van der Waals surface area (Å²) in [6.07, 6.45) is 11.2. The zero-order valence-corrected chi connectivity index (χ0v) is 17.0. The lowest BCUT2D eigenvalue weighted by Gasteiger charge is -2.35. The van der Waals surface area contributed by atoms with Crippen molar-refractivity contribution in [2.45, 2.75) is 58.3 Å². The Morgan fingerprint density at radius 2 is 1.46 bits per heavy atom. The third kappa shape index (κ3) is 5.64. The van der Waals surface area contributed by atoms with Crippen molar-refractivity contribution in [1.82, 2.24) is 4.90 Å². The van der Waals surface area contributed by atoms with Gasteiger partial charge in [-0.05, 0) is 87.8 Å². The number of likely N-dealkylation sites (tertiary alicyclic amines) is 1. The van der Waals surface area contributed by atoms with E-state index in [2.05, 4.69) is 41.0 Å². The van der Waals surface area contributed by atoms with Gasteiger partial charge in [-0.15, -0.1) is 0 Å². The van der Waals surface area contributed by atoms with Gasteiger partial charge in [0, 0.05) is 18.8 Å². The molecule has 0 aromatic heterocycles. The summed E-state index contributed by atoms with van der Waals surface area (Å²) in [7, 11) is 1.73. The van der Waals surface area contributed by atoms with Crippen molar-refractivity contribution in [3.8, 4) is 5.75 Å². The summed E-state index contributed by atoms with van der Waals surface area (Å²) in [5.41, 5.74) is 1.35. The number of methoxy groups -OCH3 is 1. The second kappa shape index (κ2) is 10.2. The Morgan fingerprint density at radius 3 is 2.00 bits per heavy atom. The van der Waals surface area contributed by atoms with Crippen LogP contribution in [0.4, 0.5) is 5.69 Å². The van der Waals surface area contributed by atoms with Crippen molar-refractivity contribution >= 4 is 5.69 Å². The quantitative estimate of drug-likeness (QED) is 0.635. The molecule has 0 saturated carbocycles. The number of rotatable bonds is 8. The minimum atomic E-state index is 0.947. The average molecular weight is 359 g/mol. The second-order valence-corrected chi connectivity index (χ2v) is 8.34. The Balaban J connectivity index is 1.33. The summed E-state index contributed by atoms with van der Waals surface area (Å²) >= 11 is 0. The fraction of sp³-hybridized carbons (Fsp3) is 0.739. The molecule has 3 rings (SSSR count). The SMILES string of the molecule is CCCCN1CCC(CCC2CCN(c3ccc(OC)cc3)CC2)CC1. The highest BCUT2D eigenvalue weighted by Gasteiger charge is 2.23. The van der Waals surface area contributed by atoms with Crippen molar-refractivity contribution in [2.24, 2.45) is 11.8 Å². The van der Waals surface area contributed by atoms with Crippen LogP contribution in [0.1, 0.15) is 58.3 Å². The van der Waals surface area contributed by atoms with E-state index in [1.54, 1.807) is 7.11 Å². The molecule has 2 saturated heterocycles. The third-order valence-electron chi connectivity index (χ3n) is 6.57. The highest BCUT2D eigenvalue weighted by atomic mass is 16.5. The molecular formula is C23H38N2O. The van der Waals surface area contributed by atoms with Crippen molar-refractivity contribution in [2.75, 3.05) is 44.7 Å². The molecule has 0 aliphatic carbocycles. The van der Waals surface area contributed by atoms with Gasteiger partial charge >= 0.3 is 0 Å². The van der Waals surface area contributed by atoms with Gasteiger partial charge in [-0.1, -0.05) is 26.2 Å². The van der Waals surface area contributed by atoms with Crippen molar-refractivity contribution < 1.29 is 4.74 Å². The molecule has 0 radical (unpaired) electrons. The van der Waals surface area contributed by atoms with Gasteiger partial charge in [0.2, 0.25) is 0 Å². The van der Waals surface area contributed by atoms with Crippen LogP contribution in [0.3, 0.4) is 0 Å². The molecule has 0 atom stereocenters. The molecule has 2 aliphatic heterocycles. The predicted molar refractivity (Wildman–Crippen MR) is 111 cm³/mol. The Hall–Kier alpha value is -1.22. The molecule has 146 valence electrons. The van der Waals surface area contributed by atoms with E-state index >= 15 is 0 Å².